The normalized spacial score (nSPS) is 35.9. The van der Waals surface area contributed by atoms with Gasteiger partial charge in [0.15, 0.2) is 5.78 Å². The van der Waals surface area contributed by atoms with Crippen molar-refractivity contribution in [2.24, 2.45) is 10.8 Å². The van der Waals surface area contributed by atoms with Crippen molar-refractivity contribution in [2.75, 3.05) is 0 Å². The Labute approximate surface area is 79.5 Å². The van der Waals surface area contributed by atoms with Gasteiger partial charge in [-0.3, -0.25) is 4.79 Å². The molecule has 0 radical (unpaired) electrons. The van der Waals surface area contributed by atoms with Crippen molar-refractivity contribution in [2.45, 2.75) is 33.6 Å². The van der Waals surface area contributed by atoms with E-state index in [-0.39, 0.29) is 16.6 Å². The number of carbonyl (C=O) groups excluding carboxylic acids is 1. The lowest BCUT2D eigenvalue weighted by Crippen LogP contribution is -2.28. The van der Waals surface area contributed by atoms with Crippen molar-refractivity contribution < 1.29 is 4.79 Å². The van der Waals surface area contributed by atoms with E-state index in [1.807, 2.05) is 6.08 Å². The van der Waals surface area contributed by atoms with Crippen LogP contribution in [0.5, 0.6) is 0 Å². The Morgan fingerprint density at radius 1 is 1.31 bits per heavy atom. The van der Waals surface area contributed by atoms with E-state index < -0.39 is 0 Å². The second kappa shape index (κ2) is 2.34. The van der Waals surface area contributed by atoms with Gasteiger partial charge >= 0.3 is 0 Å². The number of carbonyl (C=O) groups is 1. The molecule has 0 aromatic heterocycles. The topological polar surface area (TPSA) is 17.1 Å². The van der Waals surface area contributed by atoms with Gasteiger partial charge in [-0.15, -0.1) is 0 Å². The van der Waals surface area contributed by atoms with Crippen LogP contribution >= 0.6 is 0 Å². The van der Waals surface area contributed by atoms with Gasteiger partial charge in [-0.1, -0.05) is 38.5 Å². The first-order chi connectivity index (χ1) is 5.94. The van der Waals surface area contributed by atoms with Gasteiger partial charge in [-0.2, -0.15) is 0 Å². The second-order valence-corrected chi connectivity index (χ2v) is 5.11. The number of rotatable bonds is 0. The van der Waals surface area contributed by atoms with Crippen molar-refractivity contribution in [1.82, 2.24) is 0 Å². The Hall–Kier alpha value is -0.850. The predicted molar refractivity (Wildman–Crippen MR) is 53.4 cm³/mol. The zero-order valence-electron chi connectivity index (χ0n) is 8.55. The number of allylic oxidation sites excluding steroid dienone is 4. The Morgan fingerprint density at radius 3 is 2.62 bits per heavy atom. The molecular formula is C12H16O. The first kappa shape index (κ1) is 8.74. The molecule has 0 spiro atoms. The van der Waals surface area contributed by atoms with Gasteiger partial charge in [-0.25, -0.2) is 0 Å². The van der Waals surface area contributed by atoms with Crippen molar-refractivity contribution in [3.8, 4) is 0 Å². The maximum absolute atomic E-state index is 11.4. The third-order valence-electron chi connectivity index (χ3n) is 3.31. The maximum Gasteiger partial charge on any atom is 0.156 e. The molecule has 70 valence electrons. The Kier molecular flexibility index (Phi) is 1.57. The fraction of sp³-hybridized carbons (Fsp3) is 0.583. The lowest BCUT2D eigenvalue weighted by molar-refractivity contribution is -0.114. The van der Waals surface area contributed by atoms with Crippen LogP contribution < -0.4 is 0 Å². The van der Waals surface area contributed by atoms with Crippen molar-refractivity contribution >= 4 is 5.78 Å². The fourth-order valence-corrected chi connectivity index (χ4v) is 2.67. The minimum Gasteiger partial charge on any atom is -0.295 e. The van der Waals surface area contributed by atoms with Crippen LogP contribution in [-0.2, 0) is 4.79 Å². The van der Waals surface area contributed by atoms with Gasteiger partial charge in [0.25, 0.3) is 0 Å². The predicted octanol–water partition coefficient (Wildman–Crippen LogP) is 2.88. The Balaban J connectivity index is 2.52. The van der Waals surface area contributed by atoms with Crippen LogP contribution in [0, 0.1) is 10.8 Å². The molecule has 2 rings (SSSR count). The molecule has 1 unspecified atom stereocenters. The lowest BCUT2D eigenvalue weighted by atomic mass is 9.65. The average Bonchev–Trinajstić information content (AvgIpc) is 2.25. The summed E-state index contributed by atoms with van der Waals surface area (Å²) in [7, 11) is 0. The smallest absolute Gasteiger partial charge is 0.156 e. The summed E-state index contributed by atoms with van der Waals surface area (Å²) in [5, 5.41) is 0. The summed E-state index contributed by atoms with van der Waals surface area (Å²) in [6, 6.07) is 0. The average molecular weight is 176 g/mol. The summed E-state index contributed by atoms with van der Waals surface area (Å²) >= 11 is 0. The molecule has 13 heavy (non-hydrogen) atoms. The molecule has 0 saturated carbocycles. The van der Waals surface area contributed by atoms with Crippen LogP contribution in [0.15, 0.2) is 23.8 Å². The van der Waals surface area contributed by atoms with E-state index in [0.717, 1.165) is 6.42 Å². The SMILES string of the molecule is CC1(C)CC=CC2(C)CC(=O)C=C12. The largest absolute Gasteiger partial charge is 0.295 e. The molecule has 0 aromatic rings. The number of fused-ring (bicyclic) bond motifs is 1. The summed E-state index contributed by atoms with van der Waals surface area (Å²) in [6.45, 7) is 6.61. The van der Waals surface area contributed by atoms with Crippen LogP contribution in [0.4, 0.5) is 0 Å². The minimum atomic E-state index is 0.0266. The zero-order chi connectivity index (χ0) is 9.69. The van der Waals surface area contributed by atoms with Crippen molar-refractivity contribution in [1.29, 1.82) is 0 Å². The highest BCUT2D eigenvalue weighted by Crippen LogP contribution is 2.51. The summed E-state index contributed by atoms with van der Waals surface area (Å²) in [5.74, 6) is 0.289. The van der Waals surface area contributed by atoms with Crippen molar-refractivity contribution in [3.63, 3.8) is 0 Å². The third kappa shape index (κ3) is 1.18. The highest BCUT2D eigenvalue weighted by Gasteiger charge is 2.43. The van der Waals surface area contributed by atoms with Gasteiger partial charge in [0.1, 0.15) is 0 Å². The standard InChI is InChI=1S/C12H16O/c1-11(2)5-4-6-12(3)8-9(13)7-10(11)12/h4,6-7H,5,8H2,1-3H3. The van der Waals surface area contributed by atoms with Crippen LogP contribution in [0.2, 0.25) is 0 Å². The highest BCUT2D eigenvalue weighted by molar-refractivity contribution is 5.95. The van der Waals surface area contributed by atoms with Gasteiger partial charge in [0.2, 0.25) is 0 Å². The molecule has 1 nitrogen and oxygen atoms in total. The monoisotopic (exact) mass is 176 g/mol. The van der Waals surface area contributed by atoms with Crippen LogP contribution in [-0.4, -0.2) is 5.78 Å². The van der Waals surface area contributed by atoms with Crippen molar-refractivity contribution in [3.05, 3.63) is 23.8 Å². The Bertz CT molecular complexity index is 320. The molecule has 1 heteroatoms. The molecule has 2 aliphatic carbocycles. The van der Waals surface area contributed by atoms with Crippen LogP contribution in [0.1, 0.15) is 33.6 Å². The third-order valence-corrected chi connectivity index (χ3v) is 3.31. The van der Waals surface area contributed by atoms with Gasteiger partial charge < -0.3 is 0 Å². The van der Waals surface area contributed by atoms with E-state index in [4.69, 9.17) is 0 Å². The number of hydrogen-bond donors (Lipinski definition) is 0. The van der Waals surface area contributed by atoms with E-state index in [1.165, 1.54) is 5.57 Å². The molecule has 2 aliphatic rings. The molecule has 0 fully saturated rings. The number of hydrogen-bond acceptors (Lipinski definition) is 1. The summed E-state index contributed by atoms with van der Waals surface area (Å²) in [6.07, 6.45) is 8.01. The summed E-state index contributed by atoms with van der Waals surface area (Å²) in [5.41, 5.74) is 1.53. The van der Waals surface area contributed by atoms with Crippen LogP contribution in [0.3, 0.4) is 0 Å². The van der Waals surface area contributed by atoms with E-state index in [1.54, 1.807) is 0 Å². The van der Waals surface area contributed by atoms with Gasteiger partial charge in [-0.05, 0) is 17.9 Å². The van der Waals surface area contributed by atoms with E-state index in [0.29, 0.717) is 6.42 Å². The van der Waals surface area contributed by atoms with E-state index in [9.17, 15) is 4.79 Å². The van der Waals surface area contributed by atoms with E-state index in [2.05, 4.69) is 32.9 Å². The second-order valence-electron chi connectivity index (χ2n) is 5.11. The highest BCUT2D eigenvalue weighted by atomic mass is 16.1. The molecular weight excluding hydrogens is 160 g/mol. The van der Waals surface area contributed by atoms with E-state index >= 15 is 0 Å². The molecule has 0 N–H and O–H groups in total. The molecule has 0 aromatic carbocycles. The van der Waals surface area contributed by atoms with Gasteiger partial charge in [0, 0.05) is 11.8 Å². The zero-order valence-corrected chi connectivity index (χ0v) is 8.55. The summed E-state index contributed by atoms with van der Waals surface area (Å²) < 4.78 is 0. The lowest BCUT2D eigenvalue weighted by Gasteiger charge is -2.38. The first-order valence-electron chi connectivity index (χ1n) is 4.87. The molecule has 0 saturated heterocycles. The molecule has 0 bridgehead atoms. The molecule has 0 amide bonds. The van der Waals surface area contributed by atoms with Gasteiger partial charge in [0.05, 0.1) is 0 Å². The molecule has 0 aliphatic heterocycles. The fourth-order valence-electron chi connectivity index (χ4n) is 2.67. The first-order valence-corrected chi connectivity index (χ1v) is 4.87. The Morgan fingerprint density at radius 2 is 2.00 bits per heavy atom. The number of ketones is 1. The minimum absolute atomic E-state index is 0.0266. The van der Waals surface area contributed by atoms with Crippen LogP contribution in [0.25, 0.3) is 0 Å². The quantitative estimate of drug-likeness (QED) is 0.519. The maximum atomic E-state index is 11.4. The molecule has 0 heterocycles. The molecule has 1 atom stereocenters. The summed E-state index contributed by atoms with van der Waals surface area (Å²) in [4.78, 5) is 11.4.